The van der Waals surface area contributed by atoms with Crippen LogP contribution in [-0.4, -0.2) is 0 Å². The molecule has 90 valence electrons. The van der Waals surface area contributed by atoms with Crippen LogP contribution in [0.1, 0.15) is 67.2 Å². The highest BCUT2D eigenvalue weighted by molar-refractivity contribution is 4.87. The molecule has 1 saturated carbocycles. The van der Waals surface area contributed by atoms with Gasteiger partial charge < -0.3 is 0 Å². The zero-order valence-electron chi connectivity index (χ0n) is 11.6. The highest BCUT2D eigenvalue weighted by atomic mass is 14.4. The first-order valence-corrected chi connectivity index (χ1v) is 6.84. The quantitative estimate of drug-likeness (QED) is 0.603. The van der Waals surface area contributed by atoms with Gasteiger partial charge in [0.05, 0.1) is 0 Å². The summed E-state index contributed by atoms with van der Waals surface area (Å²) in [6, 6.07) is 0. The largest absolute Gasteiger partial charge is 0.0625 e. The number of hydrogen-bond donors (Lipinski definition) is 0. The molecule has 0 aromatic heterocycles. The fourth-order valence-corrected chi connectivity index (χ4v) is 3.64. The average molecular weight is 210 g/mol. The summed E-state index contributed by atoms with van der Waals surface area (Å²) in [5.74, 6) is 3.57. The molecule has 15 heavy (non-hydrogen) atoms. The molecule has 0 aliphatic heterocycles. The second kappa shape index (κ2) is 4.89. The Morgan fingerprint density at radius 3 is 2.00 bits per heavy atom. The average Bonchev–Trinajstić information content (AvgIpc) is 2.42. The number of hydrogen-bond acceptors (Lipinski definition) is 0. The van der Waals surface area contributed by atoms with Crippen LogP contribution in [0.4, 0.5) is 0 Å². The Morgan fingerprint density at radius 1 is 1.13 bits per heavy atom. The third-order valence-corrected chi connectivity index (χ3v) is 4.52. The zero-order chi connectivity index (χ0) is 11.6. The van der Waals surface area contributed by atoms with Gasteiger partial charge in [0, 0.05) is 0 Å². The van der Waals surface area contributed by atoms with Gasteiger partial charge >= 0.3 is 0 Å². The van der Waals surface area contributed by atoms with E-state index in [2.05, 4.69) is 41.5 Å². The molecule has 2 unspecified atom stereocenters. The Balaban J connectivity index is 2.58. The minimum atomic E-state index is 0.651. The van der Waals surface area contributed by atoms with Gasteiger partial charge in [-0.1, -0.05) is 48.0 Å². The molecule has 0 radical (unpaired) electrons. The van der Waals surface area contributed by atoms with E-state index in [0.29, 0.717) is 5.41 Å². The summed E-state index contributed by atoms with van der Waals surface area (Å²) in [6.07, 6.45) is 5.83. The molecule has 0 saturated heterocycles. The van der Waals surface area contributed by atoms with Crippen LogP contribution in [0.3, 0.4) is 0 Å². The van der Waals surface area contributed by atoms with E-state index in [1.54, 1.807) is 0 Å². The summed E-state index contributed by atoms with van der Waals surface area (Å²) < 4.78 is 0. The Morgan fingerprint density at radius 2 is 1.67 bits per heavy atom. The van der Waals surface area contributed by atoms with Crippen LogP contribution < -0.4 is 0 Å². The van der Waals surface area contributed by atoms with E-state index in [1.165, 1.54) is 25.7 Å². The van der Waals surface area contributed by atoms with Crippen LogP contribution in [0.2, 0.25) is 0 Å². The Kier molecular flexibility index (Phi) is 4.26. The van der Waals surface area contributed by atoms with Crippen LogP contribution >= 0.6 is 0 Å². The van der Waals surface area contributed by atoms with Gasteiger partial charge in [-0.2, -0.15) is 0 Å². The molecular weight excluding hydrogens is 180 g/mol. The molecular formula is C15H30. The van der Waals surface area contributed by atoms with Crippen LogP contribution in [0, 0.1) is 29.1 Å². The van der Waals surface area contributed by atoms with E-state index in [4.69, 9.17) is 0 Å². The van der Waals surface area contributed by atoms with Gasteiger partial charge in [-0.25, -0.2) is 0 Å². The standard InChI is InChI=1S/C15H30/c1-11(2)14(12(3)4)10-15(6)8-7-13(5)9-15/h11-14H,7-10H2,1-6H3. The maximum atomic E-state index is 2.52. The van der Waals surface area contributed by atoms with Gasteiger partial charge in [0.2, 0.25) is 0 Å². The van der Waals surface area contributed by atoms with Gasteiger partial charge in [-0.15, -0.1) is 0 Å². The lowest BCUT2D eigenvalue weighted by atomic mass is 9.71. The second-order valence-electron chi connectivity index (χ2n) is 7.01. The highest BCUT2D eigenvalue weighted by Gasteiger charge is 2.36. The van der Waals surface area contributed by atoms with Gasteiger partial charge in [-0.3, -0.25) is 0 Å². The highest BCUT2D eigenvalue weighted by Crippen LogP contribution is 2.47. The fraction of sp³-hybridized carbons (Fsp3) is 1.00. The predicted octanol–water partition coefficient (Wildman–Crippen LogP) is 5.13. The topological polar surface area (TPSA) is 0 Å². The van der Waals surface area contributed by atoms with E-state index >= 15 is 0 Å². The van der Waals surface area contributed by atoms with Gasteiger partial charge in [0.15, 0.2) is 0 Å². The van der Waals surface area contributed by atoms with Crippen LogP contribution in [0.25, 0.3) is 0 Å². The first kappa shape index (κ1) is 13.1. The Bertz CT molecular complexity index is 184. The van der Waals surface area contributed by atoms with E-state index in [0.717, 1.165) is 23.7 Å². The molecule has 1 fully saturated rings. The second-order valence-corrected chi connectivity index (χ2v) is 7.01. The van der Waals surface area contributed by atoms with E-state index < -0.39 is 0 Å². The lowest BCUT2D eigenvalue weighted by molar-refractivity contribution is 0.163. The molecule has 2 atom stereocenters. The first-order valence-electron chi connectivity index (χ1n) is 6.84. The van der Waals surface area contributed by atoms with Crippen molar-refractivity contribution in [2.75, 3.05) is 0 Å². The Labute approximate surface area is 96.8 Å². The number of rotatable bonds is 4. The first-order chi connectivity index (χ1) is 6.84. The lowest BCUT2D eigenvalue weighted by Gasteiger charge is -2.34. The maximum Gasteiger partial charge on any atom is -0.0320 e. The summed E-state index contributed by atoms with van der Waals surface area (Å²) in [5, 5.41) is 0. The van der Waals surface area contributed by atoms with Crippen molar-refractivity contribution in [1.82, 2.24) is 0 Å². The van der Waals surface area contributed by atoms with E-state index in [1.807, 2.05) is 0 Å². The molecule has 0 amide bonds. The van der Waals surface area contributed by atoms with Crippen molar-refractivity contribution in [2.24, 2.45) is 29.1 Å². The molecule has 1 aliphatic rings. The Hall–Kier alpha value is 0. The van der Waals surface area contributed by atoms with Gasteiger partial charge in [0.1, 0.15) is 0 Å². The van der Waals surface area contributed by atoms with Crippen molar-refractivity contribution in [3.8, 4) is 0 Å². The van der Waals surface area contributed by atoms with E-state index in [-0.39, 0.29) is 0 Å². The van der Waals surface area contributed by atoms with Crippen molar-refractivity contribution in [3.05, 3.63) is 0 Å². The van der Waals surface area contributed by atoms with Crippen molar-refractivity contribution in [1.29, 1.82) is 0 Å². The molecule has 0 spiro atoms. The molecule has 0 aromatic carbocycles. The molecule has 0 bridgehead atoms. The third kappa shape index (κ3) is 3.50. The fourth-order valence-electron chi connectivity index (χ4n) is 3.64. The summed E-state index contributed by atoms with van der Waals surface area (Å²) >= 11 is 0. The van der Waals surface area contributed by atoms with Crippen LogP contribution in [-0.2, 0) is 0 Å². The zero-order valence-corrected chi connectivity index (χ0v) is 11.6. The summed E-state index contributed by atoms with van der Waals surface area (Å²) in [4.78, 5) is 0. The van der Waals surface area contributed by atoms with Crippen molar-refractivity contribution in [3.63, 3.8) is 0 Å². The molecule has 0 aromatic rings. The lowest BCUT2D eigenvalue weighted by Crippen LogP contribution is -2.24. The molecule has 0 heteroatoms. The molecule has 1 rings (SSSR count). The molecule has 1 aliphatic carbocycles. The van der Waals surface area contributed by atoms with E-state index in [9.17, 15) is 0 Å². The predicted molar refractivity (Wildman–Crippen MR) is 68.9 cm³/mol. The molecule has 0 N–H and O–H groups in total. The maximum absolute atomic E-state index is 2.52. The minimum absolute atomic E-state index is 0.651. The van der Waals surface area contributed by atoms with Crippen molar-refractivity contribution >= 4 is 0 Å². The summed E-state index contributed by atoms with van der Waals surface area (Å²) in [7, 11) is 0. The smallest absolute Gasteiger partial charge is 0.0320 e. The van der Waals surface area contributed by atoms with Crippen molar-refractivity contribution in [2.45, 2.75) is 67.2 Å². The third-order valence-electron chi connectivity index (χ3n) is 4.52. The molecule has 0 heterocycles. The summed E-state index contributed by atoms with van der Waals surface area (Å²) in [5.41, 5.74) is 0.651. The van der Waals surface area contributed by atoms with Gasteiger partial charge in [0.25, 0.3) is 0 Å². The van der Waals surface area contributed by atoms with Crippen LogP contribution in [0.15, 0.2) is 0 Å². The van der Waals surface area contributed by atoms with Crippen LogP contribution in [0.5, 0.6) is 0 Å². The normalized spacial score (nSPS) is 32.2. The SMILES string of the molecule is CC1CCC(C)(CC(C(C)C)C(C)C)C1. The molecule has 0 nitrogen and oxygen atoms in total. The van der Waals surface area contributed by atoms with Crippen molar-refractivity contribution < 1.29 is 0 Å². The monoisotopic (exact) mass is 210 g/mol. The minimum Gasteiger partial charge on any atom is -0.0625 e. The summed E-state index contributed by atoms with van der Waals surface area (Å²) in [6.45, 7) is 14.5. The van der Waals surface area contributed by atoms with Gasteiger partial charge in [-0.05, 0) is 48.3 Å².